The second-order valence-electron chi connectivity index (χ2n) is 6.25. The van der Waals surface area contributed by atoms with Crippen molar-refractivity contribution >= 4 is 5.95 Å². The van der Waals surface area contributed by atoms with Gasteiger partial charge in [0.05, 0.1) is 6.04 Å². The van der Waals surface area contributed by atoms with Crippen LogP contribution in [0.15, 0.2) is 30.3 Å². The summed E-state index contributed by atoms with van der Waals surface area (Å²) in [6.45, 7) is 1.02. The summed E-state index contributed by atoms with van der Waals surface area (Å²) in [5.41, 5.74) is 1.10. The fourth-order valence-electron chi connectivity index (χ4n) is 3.79. The van der Waals surface area contributed by atoms with Gasteiger partial charge in [-0.1, -0.05) is 49.6 Å². The van der Waals surface area contributed by atoms with E-state index in [1.54, 1.807) is 0 Å². The van der Waals surface area contributed by atoms with Gasteiger partial charge in [-0.25, -0.2) is 4.68 Å². The van der Waals surface area contributed by atoms with Crippen LogP contribution in [0.5, 0.6) is 0 Å². The zero-order valence-corrected chi connectivity index (χ0v) is 12.3. The van der Waals surface area contributed by atoms with Crippen LogP contribution in [-0.4, -0.2) is 21.3 Å². The smallest absolute Gasteiger partial charge is 0.221 e. The van der Waals surface area contributed by atoms with Gasteiger partial charge in [0.2, 0.25) is 5.95 Å². The molecule has 1 aliphatic carbocycles. The van der Waals surface area contributed by atoms with Crippen LogP contribution in [0.4, 0.5) is 5.95 Å². The summed E-state index contributed by atoms with van der Waals surface area (Å²) in [6, 6.07) is 10.8. The second kappa shape index (κ2) is 5.51. The van der Waals surface area contributed by atoms with Gasteiger partial charge in [-0.3, -0.25) is 0 Å². The van der Waals surface area contributed by atoms with Gasteiger partial charge in [0, 0.05) is 12.1 Å². The number of nitrogens with one attached hydrogen (secondary N) is 1. The van der Waals surface area contributed by atoms with Gasteiger partial charge in [0.1, 0.15) is 0 Å². The van der Waals surface area contributed by atoms with Crippen molar-refractivity contribution in [3.63, 3.8) is 0 Å². The number of anilines is 1. The third-order valence-electron chi connectivity index (χ3n) is 4.89. The number of hydrogen-bond acceptors (Lipinski definition) is 3. The number of fused-ring (bicyclic) bond motifs is 1. The number of rotatable bonds is 2. The van der Waals surface area contributed by atoms with E-state index in [1.165, 1.54) is 38.5 Å². The molecule has 1 fully saturated rings. The molecule has 4 nitrogen and oxygen atoms in total. The molecule has 110 valence electrons. The van der Waals surface area contributed by atoms with E-state index in [2.05, 4.69) is 22.1 Å². The van der Waals surface area contributed by atoms with Gasteiger partial charge >= 0.3 is 0 Å². The van der Waals surface area contributed by atoms with Crippen LogP contribution in [0.25, 0.3) is 11.4 Å². The molecular weight excluding hydrogens is 260 g/mol. The normalized spacial score (nSPS) is 22.6. The van der Waals surface area contributed by atoms with E-state index in [0.717, 1.165) is 29.8 Å². The van der Waals surface area contributed by atoms with Gasteiger partial charge < -0.3 is 5.32 Å². The third-order valence-corrected chi connectivity index (χ3v) is 4.89. The highest BCUT2D eigenvalue weighted by Crippen LogP contribution is 2.38. The van der Waals surface area contributed by atoms with Gasteiger partial charge in [-0.15, -0.1) is 5.10 Å². The predicted molar refractivity (Wildman–Crippen MR) is 84.2 cm³/mol. The molecular formula is C17H22N4. The first-order valence-corrected chi connectivity index (χ1v) is 8.17. The zero-order valence-electron chi connectivity index (χ0n) is 12.3. The zero-order chi connectivity index (χ0) is 14.1. The minimum absolute atomic E-state index is 0.534. The lowest BCUT2D eigenvalue weighted by Crippen LogP contribution is -2.30. The van der Waals surface area contributed by atoms with Crippen molar-refractivity contribution in [1.82, 2.24) is 14.8 Å². The van der Waals surface area contributed by atoms with Gasteiger partial charge in [0.15, 0.2) is 5.82 Å². The second-order valence-corrected chi connectivity index (χ2v) is 6.25. The Balaban J connectivity index is 1.66. The van der Waals surface area contributed by atoms with Crippen LogP contribution < -0.4 is 5.32 Å². The van der Waals surface area contributed by atoms with E-state index in [1.807, 2.05) is 18.2 Å². The van der Waals surface area contributed by atoms with Gasteiger partial charge in [0.25, 0.3) is 0 Å². The van der Waals surface area contributed by atoms with Crippen LogP contribution in [0, 0.1) is 5.92 Å². The van der Waals surface area contributed by atoms with Crippen LogP contribution in [0.1, 0.15) is 44.6 Å². The SMILES string of the molecule is c1ccc(-c2nc3n(n2)C(C2CCCCC2)CCN3)cc1. The van der Waals surface area contributed by atoms with E-state index in [-0.39, 0.29) is 0 Å². The summed E-state index contributed by atoms with van der Waals surface area (Å²) in [7, 11) is 0. The molecule has 1 N–H and O–H groups in total. The van der Waals surface area contributed by atoms with E-state index >= 15 is 0 Å². The number of benzene rings is 1. The number of nitrogens with zero attached hydrogens (tertiary/aromatic N) is 3. The summed E-state index contributed by atoms with van der Waals surface area (Å²) >= 11 is 0. The summed E-state index contributed by atoms with van der Waals surface area (Å²) in [6.07, 6.45) is 8.04. The molecule has 1 aromatic heterocycles. The fourth-order valence-corrected chi connectivity index (χ4v) is 3.79. The molecule has 1 atom stereocenters. The first-order chi connectivity index (χ1) is 10.4. The maximum atomic E-state index is 4.82. The number of aromatic nitrogens is 3. The van der Waals surface area contributed by atoms with Crippen molar-refractivity contribution in [1.29, 1.82) is 0 Å². The highest BCUT2D eigenvalue weighted by atomic mass is 15.4. The lowest BCUT2D eigenvalue weighted by atomic mass is 9.82. The molecule has 1 saturated carbocycles. The Morgan fingerprint density at radius 3 is 2.62 bits per heavy atom. The predicted octanol–water partition coefficient (Wildman–Crippen LogP) is 3.88. The molecule has 4 heteroatoms. The van der Waals surface area contributed by atoms with Crippen molar-refractivity contribution in [3.8, 4) is 11.4 Å². The van der Waals surface area contributed by atoms with Crippen LogP contribution >= 0.6 is 0 Å². The van der Waals surface area contributed by atoms with Crippen LogP contribution in [-0.2, 0) is 0 Å². The first-order valence-electron chi connectivity index (χ1n) is 8.17. The maximum Gasteiger partial charge on any atom is 0.221 e. The summed E-state index contributed by atoms with van der Waals surface area (Å²) < 4.78 is 2.17. The van der Waals surface area contributed by atoms with E-state index in [0.29, 0.717) is 6.04 Å². The maximum absolute atomic E-state index is 4.82. The van der Waals surface area contributed by atoms with Crippen molar-refractivity contribution in [2.24, 2.45) is 5.92 Å². The summed E-state index contributed by atoms with van der Waals surface area (Å²) in [5, 5.41) is 8.23. The average molecular weight is 282 g/mol. The molecule has 0 saturated heterocycles. The van der Waals surface area contributed by atoms with E-state index in [4.69, 9.17) is 10.1 Å². The Kier molecular flexibility index (Phi) is 3.37. The van der Waals surface area contributed by atoms with E-state index < -0.39 is 0 Å². The van der Waals surface area contributed by atoms with Crippen LogP contribution in [0.3, 0.4) is 0 Å². The largest absolute Gasteiger partial charge is 0.354 e. The molecule has 1 unspecified atom stereocenters. The molecule has 4 rings (SSSR count). The molecule has 1 aliphatic heterocycles. The molecule has 1 aromatic carbocycles. The minimum atomic E-state index is 0.534. The van der Waals surface area contributed by atoms with Crippen molar-refractivity contribution in [2.45, 2.75) is 44.6 Å². The Morgan fingerprint density at radius 1 is 1.00 bits per heavy atom. The van der Waals surface area contributed by atoms with Crippen molar-refractivity contribution in [3.05, 3.63) is 30.3 Å². The molecule has 0 amide bonds. The Labute approximate surface area is 125 Å². The molecule has 21 heavy (non-hydrogen) atoms. The lowest BCUT2D eigenvalue weighted by Gasteiger charge is -2.33. The molecule has 2 aliphatic rings. The fraction of sp³-hybridized carbons (Fsp3) is 0.529. The quantitative estimate of drug-likeness (QED) is 0.909. The van der Waals surface area contributed by atoms with Gasteiger partial charge in [-0.05, 0) is 25.2 Å². The minimum Gasteiger partial charge on any atom is -0.354 e. The number of hydrogen-bond donors (Lipinski definition) is 1. The molecule has 0 bridgehead atoms. The molecule has 0 spiro atoms. The first kappa shape index (κ1) is 12.9. The van der Waals surface area contributed by atoms with Crippen LogP contribution in [0.2, 0.25) is 0 Å². The Bertz CT molecular complexity index is 599. The standard InChI is InChI=1S/C17H22N4/c1-3-7-13(8-4-1)15-11-12-18-17-19-16(20-21(15)17)14-9-5-2-6-10-14/h2,5-6,9-10,13,15H,1,3-4,7-8,11-12H2,(H,18,19,20). The average Bonchev–Trinajstić information content (AvgIpc) is 3.00. The molecule has 2 heterocycles. The van der Waals surface area contributed by atoms with E-state index in [9.17, 15) is 0 Å². The topological polar surface area (TPSA) is 42.7 Å². The summed E-state index contributed by atoms with van der Waals surface area (Å²) in [4.78, 5) is 4.71. The Morgan fingerprint density at radius 2 is 1.81 bits per heavy atom. The molecule has 2 aromatic rings. The van der Waals surface area contributed by atoms with Gasteiger partial charge in [-0.2, -0.15) is 4.98 Å². The molecule has 0 radical (unpaired) electrons. The van der Waals surface area contributed by atoms with Crippen molar-refractivity contribution in [2.75, 3.05) is 11.9 Å². The highest BCUT2D eigenvalue weighted by Gasteiger charge is 2.30. The monoisotopic (exact) mass is 282 g/mol. The summed E-state index contributed by atoms with van der Waals surface area (Å²) in [5.74, 6) is 2.58. The lowest BCUT2D eigenvalue weighted by molar-refractivity contribution is 0.222. The Hall–Kier alpha value is -1.84. The third kappa shape index (κ3) is 2.43. The van der Waals surface area contributed by atoms with Crippen molar-refractivity contribution < 1.29 is 0 Å². The highest BCUT2D eigenvalue weighted by molar-refractivity contribution is 5.56.